The Morgan fingerprint density at radius 2 is 2.07 bits per heavy atom. The molecule has 29 heavy (non-hydrogen) atoms. The van der Waals surface area contributed by atoms with Gasteiger partial charge in [0.05, 0.1) is 16.8 Å². The smallest absolute Gasteiger partial charge is 0.268 e. The Morgan fingerprint density at radius 3 is 2.90 bits per heavy atom. The summed E-state index contributed by atoms with van der Waals surface area (Å²) in [5.41, 5.74) is 10.5. The summed E-state index contributed by atoms with van der Waals surface area (Å²) in [7, 11) is 0. The molecule has 3 aromatic heterocycles. The first-order valence-electron chi connectivity index (χ1n) is 9.50. The summed E-state index contributed by atoms with van der Waals surface area (Å²) >= 11 is 2.81. The number of thiophene rings is 2. The molecule has 5 nitrogen and oxygen atoms in total. The number of rotatable bonds is 2. The number of nitrogen functional groups attached to an aromatic ring is 1. The van der Waals surface area contributed by atoms with Gasteiger partial charge in [-0.1, -0.05) is 12.1 Å². The Kier molecular flexibility index (Phi) is 4.26. The summed E-state index contributed by atoms with van der Waals surface area (Å²) in [5.74, 6) is -0.277. The molecular formula is C22H18N4OS2. The number of anilines is 2. The SMILES string of the molecule is Cc1ccc2cc3c(N)c(C(=O)Nc4sc5c(c4C#N)CCCC5)sc3nc2c1. The molecule has 3 N–H and O–H groups in total. The van der Waals surface area contributed by atoms with Gasteiger partial charge in [0.15, 0.2) is 0 Å². The van der Waals surface area contributed by atoms with E-state index in [2.05, 4.69) is 11.4 Å². The summed E-state index contributed by atoms with van der Waals surface area (Å²) in [5, 5.41) is 15.0. The molecule has 1 aromatic carbocycles. The van der Waals surface area contributed by atoms with Gasteiger partial charge in [-0.3, -0.25) is 4.79 Å². The number of hydrogen-bond acceptors (Lipinski definition) is 6. The Balaban J connectivity index is 1.55. The van der Waals surface area contributed by atoms with Crippen LogP contribution in [-0.4, -0.2) is 10.9 Å². The van der Waals surface area contributed by atoms with E-state index in [0.717, 1.165) is 57.9 Å². The van der Waals surface area contributed by atoms with E-state index in [0.29, 0.717) is 21.1 Å². The monoisotopic (exact) mass is 418 g/mol. The van der Waals surface area contributed by atoms with Gasteiger partial charge in [-0.15, -0.1) is 22.7 Å². The summed E-state index contributed by atoms with van der Waals surface area (Å²) in [6, 6.07) is 10.4. The van der Waals surface area contributed by atoms with Gasteiger partial charge in [-0.25, -0.2) is 4.98 Å². The number of hydrogen-bond donors (Lipinski definition) is 2. The highest BCUT2D eigenvalue weighted by Gasteiger charge is 2.24. The molecule has 1 aliphatic carbocycles. The molecule has 1 amide bonds. The molecule has 0 saturated carbocycles. The fraction of sp³-hybridized carbons (Fsp3) is 0.227. The van der Waals surface area contributed by atoms with Crippen molar-refractivity contribution in [3.63, 3.8) is 0 Å². The number of nitrogens with one attached hydrogen (secondary N) is 1. The van der Waals surface area contributed by atoms with Crippen LogP contribution in [0.2, 0.25) is 0 Å². The second-order valence-electron chi connectivity index (χ2n) is 7.36. The van der Waals surface area contributed by atoms with Crippen LogP contribution in [0.15, 0.2) is 24.3 Å². The van der Waals surface area contributed by atoms with Gasteiger partial charge in [0.25, 0.3) is 5.91 Å². The van der Waals surface area contributed by atoms with Crippen LogP contribution >= 0.6 is 22.7 Å². The molecule has 0 bridgehead atoms. The Morgan fingerprint density at radius 1 is 1.24 bits per heavy atom. The van der Waals surface area contributed by atoms with E-state index in [9.17, 15) is 10.1 Å². The fourth-order valence-corrected chi connectivity index (χ4v) is 6.12. The number of nitrogens with zero attached hydrogens (tertiary/aromatic N) is 2. The van der Waals surface area contributed by atoms with E-state index < -0.39 is 0 Å². The summed E-state index contributed by atoms with van der Waals surface area (Å²) in [4.78, 5) is 20.1. The predicted molar refractivity (Wildman–Crippen MR) is 120 cm³/mol. The van der Waals surface area contributed by atoms with Crippen molar-refractivity contribution in [2.45, 2.75) is 32.6 Å². The van der Waals surface area contributed by atoms with Crippen molar-refractivity contribution in [1.82, 2.24) is 4.98 Å². The third kappa shape index (κ3) is 2.96. The van der Waals surface area contributed by atoms with Gasteiger partial charge < -0.3 is 11.1 Å². The number of nitriles is 1. The first kappa shape index (κ1) is 18.1. The lowest BCUT2D eigenvalue weighted by molar-refractivity contribution is 0.103. The van der Waals surface area contributed by atoms with Crippen molar-refractivity contribution >= 4 is 60.4 Å². The minimum atomic E-state index is -0.277. The third-order valence-electron chi connectivity index (χ3n) is 5.39. The van der Waals surface area contributed by atoms with Gasteiger partial charge in [-0.05, 0) is 55.9 Å². The quantitative estimate of drug-likeness (QED) is 0.456. The maximum atomic E-state index is 13.0. The fourth-order valence-electron chi connectivity index (χ4n) is 3.90. The van der Waals surface area contributed by atoms with E-state index in [4.69, 9.17) is 10.7 Å². The molecule has 144 valence electrons. The zero-order valence-electron chi connectivity index (χ0n) is 15.8. The largest absolute Gasteiger partial charge is 0.397 e. The first-order chi connectivity index (χ1) is 14.0. The highest BCUT2D eigenvalue weighted by atomic mass is 32.1. The summed E-state index contributed by atoms with van der Waals surface area (Å²) in [6.07, 6.45) is 4.11. The summed E-state index contributed by atoms with van der Waals surface area (Å²) < 4.78 is 0. The Hall–Kier alpha value is -2.95. The Bertz CT molecular complexity index is 1340. The zero-order valence-corrected chi connectivity index (χ0v) is 17.5. The van der Waals surface area contributed by atoms with E-state index in [1.807, 2.05) is 31.2 Å². The van der Waals surface area contributed by atoms with Crippen LogP contribution in [0.1, 0.15) is 44.1 Å². The topological polar surface area (TPSA) is 91.8 Å². The van der Waals surface area contributed by atoms with Crippen molar-refractivity contribution in [3.8, 4) is 6.07 Å². The first-order valence-corrected chi connectivity index (χ1v) is 11.1. The highest BCUT2D eigenvalue weighted by molar-refractivity contribution is 7.21. The van der Waals surface area contributed by atoms with Crippen LogP contribution in [0.25, 0.3) is 21.1 Å². The van der Waals surface area contributed by atoms with Crippen molar-refractivity contribution in [2.75, 3.05) is 11.1 Å². The van der Waals surface area contributed by atoms with Crippen LogP contribution in [0, 0.1) is 18.3 Å². The number of carbonyl (C=O) groups excluding carboxylic acids is 1. The number of benzene rings is 1. The number of nitrogens with two attached hydrogens (primary N) is 1. The van der Waals surface area contributed by atoms with E-state index in [1.165, 1.54) is 27.6 Å². The maximum absolute atomic E-state index is 13.0. The standard InChI is InChI=1S/C22H18N4OS2/c1-11-6-7-12-9-14-18(24)19(29-21(14)25-16(12)8-11)20(27)26-22-15(10-23)13-4-2-3-5-17(13)28-22/h6-9H,2-5,24H2,1H3,(H,26,27). The minimum Gasteiger partial charge on any atom is -0.397 e. The molecule has 7 heteroatoms. The number of pyridine rings is 1. The second kappa shape index (κ2) is 6.83. The summed E-state index contributed by atoms with van der Waals surface area (Å²) in [6.45, 7) is 2.03. The van der Waals surface area contributed by atoms with E-state index >= 15 is 0 Å². The molecule has 0 fully saturated rings. The van der Waals surface area contributed by atoms with Crippen molar-refractivity contribution in [2.24, 2.45) is 0 Å². The molecule has 1 aliphatic rings. The predicted octanol–water partition coefficient (Wildman–Crippen LogP) is 5.40. The number of carbonyl (C=O) groups is 1. The molecule has 0 radical (unpaired) electrons. The van der Waals surface area contributed by atoms with E-state index in [1.54, 1.807) is 0 Å². The average Bonchev–Trinajstić information content (AvgIpc) is 3.23. The van der Waals surface area contributed by atoms with Gasteiger partial charge in [-0.2, -0.15) is 5.26 Å². The average molecular weight is 419 g/mol. The second-order valence-corrected chi connectivity index (χ2v) is 9.47. The van der Waals surface area contributed by atoms with Gasteiger partial charge in [0, 0.05) is 15.6 Å². The minimum absolute atomic E-state index is 0.277. The molecule has 0 unspecified atom stereocenters. The van der Waals surface area contributed by atoms with Crippen LogP contribution in [-0.2, 0) is 12.8 Å². The number of amides is 1. The molecule has 0 saturated heterocycles. The Labute approximate surface area is 175 Å². The molecular weight excluding hydrogens is 400 g/mol. The van der Waals surface area contributed by atoms with E-state index in [-0.39, 0.29) is 5.91 Å². The lowest BCUT2D eigenvalue weighted by atomic mass is 9.96. The maximum Gasteiger partial charge on any atom is 0.268 e. The van der Waals surface area contributed by atoms with Gasteiger partial charge in [0.1, 0.15) is 20.8 Å². The van der Waals surface area contributed by atoms with Crippen LogP contribution < -0.4 is 11.1 Å². The number of fused-ring (bicyclic) bond motifs is 3. The van der Waals surface area contributed by atoms with Crippen LogP contribution in [0.4, 0.5) is 10.7 Å². The number of aromatic nitrogens is 1. The van der Waals surface area contributed by atoms with Crippen molar-refractivity contribution in [3.05, 3.63) is 50.7 Å². The number of aryl methyl sites for hydroxylation is 2. The molecule has 5 rings (SSSR count). The highest BCUT2D eigenvalue weighted by Crippen LogP contribution is 2.39. The molecule has 0 spiro atoms. The zero-order chi connectivity index (χ0) is 20.1. The van der Waals surface area contributed by atoms with Gasteiger partial charge >= 0.3 is 0 Å². The van der Waals surface area contributed by atoms with Crippen molar-refractivity contribution < 1.29 is 4.79 Å². The molecule has 0 atom stereocenters. The van der Waals surface area contributed by atoms with Crippen LogP contribution in [0.3, 0.4) is 0 Å². The van der Waals surface area contributed by atoms with Crippen LogP contribution in [0.5, 0.6) is 0 Å². The third-order valence-corrected chi connectivity index (χ3v) is 7.71. The lowest BCUT2D eigenvalue weighted by Crippen LogP contribution is -2.12. The lowest BCUT2D eigenvalue weighted by Gasteiger charge is -2.09. The normalized spacial score (nSPS) is 13.4. The molecule has 4 aromatic rings. The van der Waals surface area contributed by atoms with Gasteiger partial charge in [0.2, 0.25) is 0 Å². The molecule has 0 aliphatic heterocycles. The molecule has 3 heterocycles. The van der Waals surface area contributed by atoms with Crippen molar-refractivity contribution in [1.29, 1.82) is 5.26 Å².